The highest BCUT2D eigenvalue weighted by Crippen LogP contribution is 2.08. The van der Waals surface area contributed by atoms with Crippen molar-refractivity contribution in [3.05, 3.63) is 0 Å². The molecule has 66 valence electrons. The van der Waals surface area contributed by atoms with E-state index in [1.165, 1.54) is 25.7 Å². The second-order valence-electron chi connectivity index (χ2n) is 2.76. The summed E-state index contributed by atoms with van der Waals surface area (Å²) >= 11 is 0. The van der Waals surface area contributed by atoms with E-state index in [1.54, 1.807) is 0 Å². The molecule has 0 aliphatic heterocycles. The van der Waals surface area contributed by atoms with Crippen LogP contribution in [0, 0.1) is 5.16 Å². The van der Waals surface area contributed by atoms with Crippen LogP contribution in [-0.4, -0.2) is 17.8 Å². The average Bonchev–Trinajstić information content (AvgIpc) is 2.05. The summed E-state index contributed by atoms with van der Waals surface area (Å²) in [6.07, 6.45) is 4.93. The van der Waals surface area contributed by atoms with Crippen molar-refractivity contribution >= 4 is 8.52 Å². The number of unbranched alkanes of at least 4 members (excludes halogenated alkanes) is 2. The maximum atomic E-state index is 7.21. The van der Waals surface area contributed by atoms with Gasteiger partial charge in [-0.25, -0.2) is 4.67 Å². The fourth-order valence-electron chi connectivity index (χ4n) is 0.893. The summed E-state index contributed by atoms with van der Waals surface area (Å²) in [7, 11) is 0.693. The van der Waals surface area contributed by atoms with E-state index in [2.05, 4.69) is 18.5 Å². The van der Waals surface area contributed by atoms with Crippen LogP contribution in [0.1, 0.15) is 39.5 Å². The smallest absolute Gasteiger partial charge is 0.0902 e. The van der Waals surface area contributed by atoms with Crippen molar-refractivity contribution in [2.75, 3.05) is 13.1 Å². The normalized spacial score (nSPS) is 11.2. The summed E-state index contributed by atoms with van der Waals surface area (Å²) < 4.78 is 2.19. The van der Waals surface area contributed by atoms with Gasteiger partial charge in [0.05, 0.1) is 8.52 Å². The first-order valence-electron chi connectivity index (χ1n) is 4.47. The zero-order valence-corrected chi connectivity index (χ0v) is 8.53. The predicted molar refractivity (Wildman–Crippen MR) is 51.0 cm³/mol. The molecule has 0 spiro atoms. The lowest BCUT2D eigenvalue weighted by Crippen LogP contribution is -2.14. The van der Waals surface area contributed by atoms with Gasteiger partial charge in [0.2, 0.25) is 0 Å². The maximum absolute atomic E-state index is 7.21. The van der Waals surface area contributed by atoms with Crippen LogP contribution in [0.25, 0.3) is 0 Å². The fourth-order valence-corrected chi connectivity index (χ4v) is 1.38. The third-order valence-corrected chi connectivity index (χ3v) is 2.36. The Bertz CT molecular complexity index is 88.1. The molecule has 0 atom stereocenters. The number of hydrogen-bond donors (Lipinski definition) is 1. The van der Waals surface area contributed by atoms with Crippen molar-refractivity contribution in [1.29, 1.82) is 5.16 Å². The number of hydrogen-bond acceptors (Lipinski definition) is 1. The number of nitrogens with one attached hydrogen (secondary N) is 1. The molecule has 0 radical (unpaired) electrons. The molecular formula is C8H19N2P. The van der Waals surface area contributed by atoms with Crippen LogP contribution in [0.15, 0.2) is 0 Å². The molecule has 11 heavy (non-hydrogen) atoms. The topological polar surface area (TPSA) is 27.1 Å². The summed E-state index contributed by atoms with van der Waals surface area (Å²) in [4.78, 5) is 0. The first-order chi connectivity index (χ1) is 5.35. The van der Waals surface area contributed by atoms with Gasteiger partial charge in [-0.15, -0.1) is 0 Å². The summed E-state index contributed by atoms with van der Waals surface area (Å²) in [6, 6.07) is 0. The van der Waals surface area contributed by atoms with Gasteiger partial charge in [0.15, 0.2) is 0 Å². The van der Waals surface area contributed by atoms with Gasteiger partial charge in [-0.3, -0.25) is 5.16 Å². The fraction of sp³-hybridized carbons (Fsp3) is 1.00. The predicted octanol–water partition coefficient (Wildman–Crippen LogP) is 3.51. The van der Waals surface area contributed by atoms with E-state index in [1.807, 2.05) is 0 Å². The highest BCUT2D eigenvalue weighted by molar-refractivity contribution is 7.22. The Labute approximate surface area is 71.7 Å². The van der Waals surface area contributed by atoms with Crippen molar-refractivity contribution < 1.29 is 0 Å². The monoisotopic (exact) mass is 174 g/mol. The minimum Gasteiger partial charge on any atom is -0.269 e. The van der Waals surface area contributed by atoms with Crippen molar-refractivity contribution in [2.24, 2.45) is 0 Å². The average molecular weight is 174 g/mol. The SMILES string of the molecule is CCCCN(CCCC)P=N. The van der Waals surface area contributed by atoms with Crippen molar-refractivity contribution in [3.8, 4) is 0 Å². The Balaban J connectivity index is 3.33. The Morgan fingerprint density at radius 1 is 1.09 bits per heavy atom. The number of nitrogens with zero attached hydrogens (tertiary/aromatic N) is 1. The molecule has 3 heteroatoms. The molecule has 0 aromatic heterocycles. The van der Waals surface area contributed by atoms with E-state index in [4.69, 9.17) is 5.16 Å². The lowest BCUT2D eigenvalue weighted by atomic mass is 10.3. The second-order valence-corrected chi connectivity index (χ2v) is 3.53. The summed E-state index contributed by atoms with van der Waals surface area (Å²) in [5.41, 5.74) is 0. The molecule has 2 nitrogen and oxygen atoms in total. The molecule has 0 rings (SSSR count). The van der Waals surface area contributed by atoms with Crippen LogP contribution in [0.4, 0.5) is 0 Å². The Morgan fingerprint density at radius 3 is 1.82 bits per heavy atom. The van der Waals surface area contributed by atoms with Gasteiger partial charge in [-0.05, 0) is 12.8 Å². The minimum absolute atomic E-state index is 0.693. The van der Waals surface area contributed by atoms with Crippen molar-refractivity contribution in [1.82, 2.24) is 4.67 Å². The molecule has 0 bridgehead atoms. The van der Waals surface area contributed by atoms with Gasteiger partial charge >= 0.3 is 0 Å². The third kappa shape index (κ3) is 6.46. The van der Waals surface area contributed by atoms with E-state index < -0.39 is 0 Å². The molecule has 0 heterocycles. The minimum atomic E-state index is 0.693. The molecule has 0 fully saturated rings. The standard InChI is InChI=1S/C8H19N2P/c1-3-5-7-10(11-9)8-6-4-2/h9H,3-8H2,1-2H3. The second kappa shape index (κ2) is 8.16. The van der Waals surface area contributed by atoms with E-state index in [0.29, 0.717) is 8.52 Å². The summed E-state index contributed by atoms with van der Waals surface area (Å²) in [5.74, 6) is 0. The zero-order valence-electron chi connectivity index (χ0n) is 7.64. The Kier molecular flexibility index (Phi) is 8.20. The first kappa shape index (κ1) is 11.1. The highest BCUT2D eigenvalue weighted by Gasteiger charge is 1.98. The highest BCUT2D eigenvalue weighted by atomic mass is 31.1. The number of rotatable bonds is 7. The quantitative estimate of drug-likeness (QED) is 0.587. The first-order valence-corrected chi connectivity index (χ1v) is 5.32. The van der Waals surface area contributed by atoms with Gasteiger partial charge in [-0.1, -0.05) is 26.7 Å². The Morgan fingerprint density at radius 2 is 1.55 bits per heavy atom. The maximum Gasteiger partial charge on any atom is 0.0902 e. The van der Waals surface area contributed by atoms with Gasteiger partial charge in [0.1, 0.15) is 0 Å². The van der Waals surface area contributed by atoms with Crippen LogP contribution >= 0.6 is 8.52 Å². The lowest BCUT2D eigenvalue weighted by molar-refractivity contribution is 0.439. The third-order valence-electron chi connectivity index (χ3n) is 1.68. The van der Waals surface area contributed by atoms with Crippen LogP contribution in [0.5, 0.6) is 0 Å². The molecule has 1 N–H and O–H groups in total. The van der Waals surface area contributed by atoms with Gasteiger partial charge in [0, 0.05) is 13.1 Å². The molecule has 0 aromatic rings. The molecule has 0 saturated carbocycles. The van der Waals surface area contributed by atoms with E-state index in [9.17, 15) is 0 Å². The van der Waals surface area contributed by atoms with Crippen LogP contribution < -0.4 is 0 Å². The van der Waals surface area contributed by atoms with E-state index in [0.717, 1.165) is 13.1 Å². The van der Waals surface area contributed by atoms with Gasteiger partial charge in [0.25, 0.3) is 0 Å². The molecular weight excluding hydrogens is 155 g/mol. The summed E-state index contributed by atoms with van der Waals surface area (Å²) in [6.45, 7) is 6.58. The van der Waals surface area contributed by atoms with E-state index >= 15 is 0 Å². The molecule has 0 unspecified atom stereocenters. The van der Waals surface area contributed by atoms with Gasteiger partial charge in [-0.2, -0.15) is 0 Å². The van der Waals surface area contributed by atoms with Gasteiger partial charge < -0.3 is 0 Å². The molecule has 0 aromatic carbocycles. The summed E-state index contributed by atoms with van der Waals surface area (Å²) in [5, 5.41) is 7.21. The van der Waals surface area contributed by atoms with Crippen molar-refractivity contribution in [3.63, 3.8) is 0 Å². The van der Waals surface area contributed by atoms with Crippen LogP contribution in [0.2, 0.25) is 0 Å². The Hall–Kier alpha value is 0.0600. The molecule has 0 amide bonds. The molecule has 0 aliphatic rings. The van der Waals surface area contributed by atoms with Crippen molar-refractivity contribution in [2.45, 2.75) is 39.5 Å². The van der Waals surface area contributed by atoms with E-state index in [-0.39, 0.29) is 0 Å². The largest absolute Gasteiger partial charge is 0.269 e. The van der Waals surface area contributed by atoms with Crippen LogP contribution in [0.3, 0.4) is 0 Å². The lowest BCUT2D eigenvalue weighted by Gasteiger charge is -2.13. The van der Waals surface area contributed by atoms with Crippen LogP contribution in [-0.2, 0) is 0 Å². The molecule has 0 saturated heterocycles. The zero-order chi connectivity index (χ0) is 8.53. The molecule has 0 aliphatic carbocycles.